The molecule has 0 saturated heterocycles. The van der Waals surface area contributed by atoms with Crippen molar-refractivity contribution in [3.8, 4) is 5.75 Å². The summed E-state index contributed by atoms with van der Waals surface area (Å²) in [5.41, 5.74) is -0.669. The van der Waals surface area contributed by atoms with Crippen LogP contribution in [0, 0.1) is 11.6 Å². The van der Waals surface area contributed by atoms with E-state index < -0.39 is 23.4 Å². The van der Waals surface area contributed by atoms with E-state index in [0.717, 1.165) is 18.6 Å². The Morgan fingerprint density at radius 1 is 1.22 bits per heavy atom. The zero-order chi connectivity index (χ0) is 13.8. The lowest BCUT2D eigenvalue weighted by Crippen LogP contribution is -2.29. The van der Waals surface area contributed by atoms with Crippen molar-refractivity contribution in [2.24, 2.45) is 0 Å². The number of ether oxygens (including phenoxy) is 2. The van der Waals surface area contributed by atoms with Crippen LogP contribution in [-0.2, 0) is 4.74 Å². The van der Waals surface area contributed by atoms with Gasteiger partial charge in [0.15, 0.2) is 0 Å². The number of halogens is 2. The minimum Gasteiger partial charge on any atom is -0.428 e. The number of benzene rings is 1. The first-order valence-corrected chi connectivity index (χ1v) is 5.69. The highest BCUT2D eigenvalue weighted by atomic mass is 19.1. The van der Waals surface area contributed by atoms with Crippen LogP contribution in [0.3, 0.4) is 0 Å². The van der Waals surface area contributed by atoms with Crippen LogP contribution in [0.25, 0.3) is 0 Å². The number of hydrogen-bond donors (Lipinski definition) is 0. The van der Waals surface area contributed by atoms with Crippen LogP contribution in [0.1, 0.15) is 33.6 Å². The Kier molecular flexibility index (Phi) is 4.64. The largest absolute Gasteiger partial charge is 0.514 e. The molecule has 0 aliphatic carbocycles. The second-order valence-corrected chi connectivity index (χ2v) is 4.57. The van der Waals surface area contributed by atoms with Crippen molar-refractivity contribution in [3.63, 3.8) is 0 Å². The summed E-state index contributed by atoms with van der Waals surface area (Å²) in [5.74, 6) is -1.85. The first kappa shape index (κ1) is 14.4. The first-order valence-electron chi connectivity index (χ1n) is 5.69. The van der Waals surface area contributed by atoms with Crippen molar-refractivity contribution in [1.29, 1.82) is 0 Å². The Morgan fingerprint density at radius 2 is 1.78 bits per heavy atom. The maximum Gasteiger partial charge on any atom is 0.514 e. The molecular formula is C13H16F2O3. The molecule has 0 N–H and O–H groups in total. The van der Waals surface area contributed by atoms with Gasteiger partial charge in [0, 0.05) is 18.2 Å². The van der Waals surface area contributed by atoms with E-state index in [1.165, 1.54) is 0 Å². The molecular weight excluding hydrogens is 242 g/mol. The molecule has 0 atom stereocenters. The normalized spacial score (nSPS) is 11.2. The minimum atomic E-state index is -0.974. The summed E-state index contributed by atoms with van der Waals surface area (Å²) in [6.07, 6.45) is 0.535. The van der Waals surface area contributed by atoms with E-state index in [9.17, 15) is 13.6 Å². The third kappa shape index (κ3) is 4.69. The van der Waals surface area contributed by atoms with Gasteiger partial charge >= 0.3 is 6.16 Å². The third-order valence-corrected chi connectivity index (χ3v) is 2.25. The summed E-state index contributed by atoms with van der Waals surface area (Å²) in [6.45, 7) is 5.44. The molecule has 0 radical (unpaired) electrons. The van der Waals surface area contributed by atoms with Gasteiger partial charge in [-0.05, 0) is 20.3 Å². The summed E-state index contributed by atoms with van der Waals surface area (Å²) < 4.78 is 35.5. The standard InChI is InChI=1S/C13H16F2O3/c1-4-5-13(2,3)18-12(16)17-11-7-9(14)6-10(15)8-11/h6-8H,4-5H2,1-3H3. The molecule has 0 saturated carbocycles. The van der Waals surface area contributed by atoms with Crippen molar-refractivity contribution in [1.82, 2.24) is 0 Å². The van der Waals surface area contributed by atoms with Gasteiger partial charge in [-0.25, -0.2) is 13.6 Å². The highest BCUT2D eigenvalue weighted by Crippen LogP contribution is 2.20. The zero-order valence-electron chi connectivity index (χ0n) is 10.6. The number of carbonyl (C=O) groups excluding carboxylic acids is 1. The predicted octanol–water partition coefficient (Wildman–Crippen LogP) is 4.06. The second kappa shape index (κ2) is 5.80. The number of carbonyl (C=O) groups is 1. The fraction of sp³-hybridized carbons (Fsp3) is 0.462. The maximum absolute atomic E-state index is 12.9. The molecule has 0 aromatic heterocycles. The highest BCUT2D eigenvalue weighted by molar-refractivity contribution is 5.64. The molecule has 1 aromatic carbocycles. The first-order chi connectivity index (χ1) is 8.32. The van der Waals surface area contributed by atoms with Crippen molar-refractivity contribution in [3.05, 3.63) is 29.8 Å². The van der Waals surface area contributed by atoms with E-state index >= 15 is 0 Å². The molecule has 0 heterocycles. The SMILES string of the molecule is CCCC(C)(C)OC(=O)Oc1cc(F)cc(F)c1. The molecule has 0 fully saturated rings. The number of hydrogen-bond acceptors (Lipinski definition) is 3. The van der Waals surface area contributed by atoms with Crippen LogP contribution in [-0.4, -0.2) is 11.8 Å². The van der Waals surface area contributed by atoms with Gasteiger partial charge in [0.1, 0.15) is 23.0 Å². The molecule has 0 aliphatic rings. The quantitative estimate of drug-likeness (QED) is 0.603. The molecule has 18 heavy (non-hydrogen) atoms. The molecule has 0 aliphatic heterocycles. The van der Waals surface area contributed by atoms with Crippen LogP contribution in [0.4, 0.5) is 13.6 Å². The summed E-state index contributed by atoms with van der Waals surface area (Å²) in [4.78, 5) is 11.4. The topological polar surface area (TPSA) is 35.5 Å². The van der Waals surface area contributed by atoms with E-state index in [0.29, 0.717) is 12.5 Å². The van der Waals surface area contributed by atoms with Crippen molar-refractivity contribution in [2.75, 3.05) is 0 Å². The van der Waals surface area contributed by atoms with Gasteiger partial charge in [0.25, 0.3) is 0 Å². The summed E-state index contributed by atoms with van der Waals surface area (Å²) in [7, 11) is 0. The van der Waals surface area contributed by atoms with E-state index in [-0.39, 0.29) is 5.75 Å². The average Bonchev–Trinajstić information content (AvgIpc) is 2.13. The number of rotatable bonds is 4. The fourth-order valence-electron chi connectivity index (χ4n) is 1.58. The lowest BCUT2D eigenvalue weighted by Gasteiger charge is -2.23. The summed E-state index contributed by atoms with van der Waals surface area (Å²) >= 11 is 0. The fourth-order valence-corrected chi connectivity index (χ4v) is 1.58. The Bertz CT molecular complexity index is 410. The van der Waals surface area contributed by atoms with Gasteiger partial charge in [-0.15, -0.1) is 0 Å². The molecule has 5 heteroatoms. The minimum absolute atomic E-state index is 0.218. The molecule has 0 spiro atoms. The summed E-state index contributed by atoms with van der Waals surface area (Å²) in [5, 5.41) is 0. The Labute approximate surface area is 105 Å². The highest BCUT2D eigenvalue weighted by Gasteiger charge is 2.23. The molecule has 1 aromatic rings. The Hall–Kier alpha value is -1.65. The molecule has 100 valence electrons. The van der Waals surface area contributed by atoms with Crippen LogP contribution in [0.5, 0.6) is 5.75 Å². The van der Waals surface area contributed by atoms with Crippen molar-refractivity contribution < 1.29 is 23.0 Å². The monoisotopic (exact) mass is 258 g/mol. The molecule has 0 unspecified atom stereocenters. The average molecular weight is 258 g/mol. The Morgan fingerprint density at radius 3 is 2.28 bits per heavy atom. The van der Waals surface area contributed by atoms with Gasteiger partial charge in [0.2, 0.25) is 0 Å². The van der Waals surface area contributed by atoms with Crippen LogP contribution < -0.4 is 4.74 Å². The predicted molar refractivity (Wildman–Crippen MR) is 62.5 cm³/mol. The van der Waals surface area contributed by atoms with E-state index in [1.807, 2.05) is 6.92 Å². The lowest BCUT2D eigenvalue weighted by atomic mass is 10.0. The van der Waals surface area contributed by atoms with Crippen LogP contribution in [0.2, 0.25) is 0 Å². The molecule has 3 nitrogen and oxygen atoms in total. The lowest BCUT2D eigenvalue weighted by molar-refractivity contribution is 0.00378. The van der Waals surface area contributed by atoms with Gasteiger partial charge in [0.05, 0.1) is 0 Å². The Balaban J connectivity index is 2.64. The molecule has 0 bridgehead atoms. The van der Waals surface area contributed by atoms with Crippen molar-refractivity contribution in [2.45, 2.75) is 39.2 Å². The van der Waals surface area contributed by atoms with Crippen molar-refractivity contribution >= 4 is 6.16 Å². The van der Waals surface area contributed by atoms with Gasteiger partial charge in [-0.1, -0.05) is 13.3 Å². The smallest absolute Gasteiger partial charge is 0.428 e. The maximum atomic E-state index is 12.9. The van der Waals surface area contributed by atoms with Gasteiger partial charge in [-0.3, -0.25) is 0 Å². The van der Waals surface area contributed by atoms with Gasteiger partial charge in [-0.2, -0.15) is 0 Å². The van der Waals surface area contributed by atoms with E-state index in [2.05, 4.69) is 0 Å². The zero-order valence-corrected chi connectivity index (χ0v) is 10.6. The van der Waals surface area contributed by atoms with E-state index in [4.69, 9.17) is 9.47 Å². The van der Waals surface area contributed by atoms with E-state index in [1.54, 1.807) is 13.8 Å². The molecule has 0 amide bonds. The van der Waals surface area contributed by atoms with Gasteiger partial charge < -0.3 is 9.47 Å². The second-order valence-electron chi connectivity index (χ2n) is 4.57. The summed E-state index contributed by atoms with van der Waals surface area (Å²) in [6, 6.07) is 2.52. The van der Waals surface area contributed by atoms with Crippen LogP contribution >= 0.6 is 0 Å². The third-order valence-electron chi connectivity index (χ3n) is 2.25. The molecule has 1 rings (SSSR count). The van der Waals surface area contributed by atoms with Crippen LogP contribution in [0.15, 0.2) is 18.2 Å².